The molecule has 96 valence electrons. The molecule has 1 rings (SSSR count). The fourth-order valence-corrected chi connectivity index (χ4v) is 2.15. The van der Waals surface area contributed by atoms with Crippen molar-refractivity contribution >= 4 is 11.8 Å². The minimum Gasteiger partial charge on any atom is -0.308 e. The van der Waals surface area contributed by atoms with Gasteiger partial charge >= 0.3 is 0 Å². The Morgan fingerprint density at radius 3 is 2.53 bits per heavy atom. The summed E-state index contributed by atoms with van der Waals surface area (Å²) in [6, 6.07) is 8.06. The van der Waals surface area contributed by atoms with Crippen LogP contribution in [-0.2, 0) is 5.92 Å². The molecule has 0 heterocycles. The minimum atomic E-state index is -2.80. The van der Waals surface area contributed by atoms with Gasteiger partial charge in [-0.3, -0.25) is 0 Å². The molecule has 0 fully saturated rings. The van der Waals surface area contributed by atoms with Crippen LogP contribution in [0.25, 0.3) is 0 Å². The molecule has 1 N–H and O–H groups in total. The van der Waals surface area contributed by atoms with E-state index in [0.717, 1.165) is 11.5 Å². The van der Waals surface area contributed by atoms with Crippen molar-refractivity contribution in [3.05, 3.63) is 35.9 Å². The normalized spacial score (nSPS) is 13.6. The zero-order valence-electron chi connectivity index (χ0n) is 10.2. The Hall–Kier alpha value is -0.610. The van der Waals surface area contributed by atoms with Crippen LogP contribution in [0.5, 0.6) is 0 Å². The lowest BCUT2D eigenvalue weighted by atomic mass is 10.1. The van der Waals surface area contributed by atoms with Crippen molar-refractivity contribution in [2.75, 3.05) is 18.1 Å². The van der Waals surface area contributed by atoms with Crippen LogP contribution in [0.15, 0.2) is 30.3 Å². The predicted molar refractivity (Wildman–Crippen MR) is 70.8 cm³/mol. The third-order valence-corrected chi connectivity index (χ3v) is 3.58. The van der Waals surface area contributed by atoms with Gasteiger partial charge in [0, 0.05) is 17.4 Å². The first-order chi connectivity index (χ1) is 8.06. The molecule has 0 aliphatic carbocycles. The average molecular weight is 259 g/mol. The zero-order chi connectivity index (χ0) is 12.7. The molecular formula is C13H19F2NS. The Morgan fingerprint density at radius 2 is 1.94 bits per heavy atom. The van der Waals surface area contributed by atoms with E-state index in [9.17, 15) is 8.78 Å². The van der Waals surface area contributed by atoms with E-state index in [-0.39, 0.29) is 18.2 Å². The lowest BCUT2D eigenvalue weighted by Crippen LogP contribution is -2.37. The van der Waals surface area contributed by atoms with Crippen LogP contribution in [0.1, 0.15) is 19.4 Å². The third-order valence-electron chi connectivity index (χ3n) is 2.44. The first kappa shape index (κ1) is 14.5. The number of hydrogen-bond acceptors (Lipinski definition) is 2. The van der Waals surface area contributed by atoms with E-state index in [2.05, 4.69) is 12.2 Å². The van der Waals surface area contributed by atoms with Gasteiger partial charge in [0.25, 0.3) is 5.92 Å². The van der Waals surface area contributed by atoms with Crippen LogP contribution in [0, 0.1) is 0 Å². The maximum atomic E-state index is 13.8. The first-order valence-electron chi connectivity index (χ1n) is 5.80. The Labute approximate surface area is 106 Å². The fraction of sp³-hybridized carbons (Fsp3) is 0.538. The summed E-state index contributed by atoms with van der Waals surface area (Å²) in [4.78, 5) is 0. The van der Waals surface area contributed by atoms with Gasteiger partial charge in [0.1, 0.15) is 0 Å². The van der Waals surface area contributed by atoms with E-state index in [1.54, 1.807) is 30.0 Å². The highest BCUT2D eigenvalue weighted by Gasteiger charge is 2.31. The summed E-state index contributed by atoms with van der Waals surface area (Å²) in [7, 11) is 0. The van der Waals surface area contributed by atoms with Gasteiger partial charge in [0.2, 0.25) is 0 Å². The highest BCUT2D eigenvalue weighted by Crippen LogP contribution is 2.26. The van der Waals surface area contributed by atoms with Gasteiger partial charge in [-0.1, -0.05) is 37.3 Å². The summed E-state index contributed by atoms with van der Waals surface area (Å²) < 4.78 is 27.5. The second-order valence-corrected chi connectivity index (χ2v) is 5.33. The maximum Gasteiger partial charge on any atom is 0.285 e. The number of hydrogen-bond donors (Lipinski definition) is 1. The summed E-state index contributed by atoms with van der Waals surface area (Å²) >= 11 is 1.76. The molecule has 0 bridgehead atoms. The van der Waals surface area contributed by atoms with Crippen LogP contribution in [0.2, 0.25) is 0 Å². The lowest BCUT2D eigenvalue weighted by Gasteiger charge is -2.20. The molecule has 4 heteroatoms. The van der Waals surface area contributed by atoms with E-state index in [1.165, 1.54) is 12.1 Å². The average Bonchev–Trinajstić information content (AvgIpc) is 2.35. The summed E-state index contributed by atoms with van der Waals surface area (Å²) in [5.74, 6) is -0.922. The van der Waals surface area contributed by atoms with Gasteiger partial charge in [0.05, 0.1) is 6.54 Å². The molecule has 1 unspecified atom stereocenters. The second kappa shape index (κ2) is 6.97. The molecule has 0 aliphatic rings. The highest BCUT2D eigenvalue weighted by molar-refractivity contribution is 7.99. The summed E-state index contributed by atoms with van der Waals surface area (Å²) in [5, 5.41) is 2.89. The highest BCUT2D eigenvalue weighted by atomic mass is 32.2. The number of benzene rings is 1. The van der Waals surface area contributed by atoms with Crippen molar-refractivity contribution in [1.82, 2.24) is 5.32 Å². The molecule has 0 spiro atoms. The molecule has 0 aliphatic heterocycles. The van der Waals surface area contributed by atoms with Gasteiger partial charge in [-0.25, -0.2) is 0 Å². The van der Waals surface area contributed by atoms with E-state index in [0.29, 0.717) is 0 Å². The smallest absolute Gasteiger partial charge is 0.285 e. The molecule has 0 saturated heterocycles. The van der Waals surface area contributed by atoms with E-state index in [4.69, 9.17) is 0 Å². The Morgan fingerprint density at radius 1 is 1.29 bits per heavy atom. The second-order valence-electron chi connectivity index (χ2n) is 4.01. The Bertz CT molecular complexity index is 316. The van der Waals surface area contributed by atoms with Crippen LogP contribution in [-0.4, -0.2) is 24.1 Å². The van der Waals surface area contributed by atoms with Crippen molar-refractivity contribution in [3.63, 3.8) is 0 Å². The molecule has 17 heavy (non-hydrogen) atoms. The number of rotatable bonds is 7. The van der Waals surface area contributed by atoms with Crippen LogP contribution in [0.3, 0.4) is 0 Å². The molecule has 1 nitrogen and oxygen atoms in total. The molecular weight excluding hydrogens is 240 g/mol. The number of nitrogens with one attached hydrogen (secondary N) is 1. The van der Waals surface area contributed by atoms with Crippen molar-refractivity contribution in [2.45, 2.75) is 25.8 Å². The van der Waals surface area contributed by atoms with Crippen molar-refractivity contribution in [2.24, 2.45) is 0 Å². The maximum absolute atomic E-state index is 13.8. The Balaban J connectivity index is 2.45. The summed E-state index contributed by atoms with van der Waals surface area (Å²) in [6.07, 6.45) is 0. The molecule has 0 aromatic heterocycles. The number of halogens is 2. The van der Waals surface area contributed by atoms with E-state index >= 15 is 0 Å². The number of thioether (sulfide) groups is 1. The van der Waals surface area contributed by atoms with Gasteiger partial charge in [-0.2, -0.15) is 20.5 Å². The SMILES string of the molecule is CCSCC(C)NCC(F)(F)c1ccccc1. The molecule has 0 radical (unpaired) electrons. The lowest BCUT2D eigenvalue weighted by molar-refractivity contribution is -0.00471. The van der Waals surface area contributed by atoms with Gasteiger partial charge < -0.3 is 5.32 Å². The Kier molecular flexibility index (Phi) is 5.92. The van der Waals surface area contributed by atoms with Gasteiger partial charge in [-0.05, 0) is 12.7 Å². The molecule has 1 aromatic carbocycles. The first-order valence-corrected chi connectivity index (χ1v) is 6.96. The minimum absolute atomic E-state index is 0.0721. The molecule has 1 aromatic rings. The molecule has 0 amide bonds. The fourth-order valence-electron chi connectivity index (χ4n) is 1.44. The van der Waals surface area contributed by atoms with Crippen molar-refractivity contribution < 1.29 is 8.78 Å². The van der Waals surface area contributed by atoms with Crippen molar-refractivity contribution in [3.8, 4) is 0 Å². The van der Waals surface area contributed by atoms with Crippen LogP contribution < -0.4 is 5.32 Å². The topological polar surface area (TPSA) is 12.0 Å². The van der Waals surface area contributed by atoms with Crippen LogP contribution >= 0.6 is 11.8 Å². The van der Waals surface area contributed by atoms with Crippen molar-refractivity contribution in [1.29, 1.82) is 0 Å². The zero-order valence-corrected chi connectivity index (χ0v) is 11.1. The summed E-state index contributed by atoms with van der Waals surface area (Å²) in [6.45, 7) is 3.70. The molecule has 1 atom stereocenters. The largest absolute Gasteiger partial charge is 0.308 e. The summed E-state index contributed by atoms with van der Waals surface area (Å²) in [5.41, 5.74) is 0.0721. The monoisotopic (exact) mass is 259 g/mol. The predicted octanol–water partition coefficient (Wildman–Crippen LogP) is 3.51. The third kappa shape index (κ3) is 5.04. The van der Waals surface area contributed by atoms with E-state index < -0.39 is 5.92 Å². The standard InChI is InChI=1S/C13H19F2NS/c1-3-17-9-11(2)16-10-13(14,15)12-7-5-4-6-8-12/h4-8,11,16H,3,9-10H2,1-2H3. The van der Waals surface area contributed by atoms with Gasteiger partial charge in [-0.15, -0.1) is 0 Å². The quantitative estimate of drug-likeness (QED) is 0.804. The van der Waals surface area contributed by atoms with E-state index in [1.807, 2.05) is 6.92 Å². The number of alkyl halides is 2. The van der Waals surface area contributed by atoms with Gasteiger partial charge in [0.15, 0.2) is 0 Å². The molecule has 0 saturated carbocycles. The van der Waals surface area contributed by atoms with Crippen LogP contribution in [0.4, 0.5) is 8.78 Å².